The second-order valence-electron chi connectivity index (χ2n) is 5.36. The minimum absolute atomic E-state index is 0.308. The van der Waals surface area contributed by atoms with Gasteiger partial charge in [0.2, 0.25) is 15.8 Å². The number of esters is 1. The maximum atomic E-state index is 12.7. The molecule has 0 fully saturated rings. The molecule has 152 valence electrons. The van der Waals surface area contributed by atoms with Crippen LogP contribution >= 0.6 is 22.9 Å². The number of hydrogen-bond acceptors (Lipinski definition) is 6. The second kappa shape index (κ2) is 9.03. The molecule has 6 nitrogen and oxygen atoms in total. The molecule has 0 aliphatic rings. The van der Waals surface area contributed by atoms with Crippen LogP contribution in [0, 0.1) is 0 Å². The number of sulfonamides is 1. The fraction of sp³-hybridized carbons (Fsp3) is 0.250. The normalized spacial score (nSPS) is 12.0. The topological polar surface area (TPSA) is 89.5 Å². The zero-order valence-electron chi connectivity index (χ0n) is 14.0. The van der Waals surface area contributed by atoms with E-state index in [1.807, 2.05) is 4.72 Å². The largest absolute Gasteiger partial charge is 0.457 e. The summed E-state index contributed by atoms with van der Waals surface area (Å²) in [7, 11) is -4.25. The van der Waals surface area contributed by atoms with Gasteiger partial charge in [-0.05, 0) is 30.3 Å². The lowest BCUT2D eigenvalue weighted by molar-refractivity contribution is -0.142. The minimum Gasteiger partial charge on any atom is -0.457 e. The lowest BCUT2D eigenvalue weighted by Crippen LogP contribution is -2.27. The number of halogens is 4. The molecule has 0 aliphatic carbocycles. The zero-order chi connectivity index (χ0) is 20.9. The molecule has 1 aromatic heterocycles. The smallest absolute Gasteiger partial charge is 0.416 e. The molecule has 0 amide bonds. The van der Waals surface area contributed by atoms with Crippen molar-refractivity contribution in [3.63, 3.8) is 0 Å². The van der Waals surface area contributed by atoms with Gasteiger partial charge in [0.15, 0.2) is 6.61 Å². The van der Waals surface area contributed by atoms with Crippen molar-refractivity contribution in [2.45, 2.75) is 17.5 Å². The number of carbonyl (C=O) groups excluding carboxylic acids is 2. The van der Waals surface area contributed by atoms with Gasteiger partial charge in [-0.2, -0.15) is 13.2 Å². The van der Waals surface area contributed by atoms with E-state index < -0.39 is 58.0 Å². The Labute approximate surface area is 167 Å². The van der Waals surface area contributed by atoms with Gasteiger partial charge in [-0.3, -0.25) is 9.59 Å². The Morgan fingerprint density at radius 1 is 1.18 bits per heavy atom. The summed E-state index contributed by atoms with van der Waals surface area (Å²) in [5, 5.41) is 0. The Morgan fingerprint density at radius 2 is 1.89 bits per heavy atom. The highest BCUT2D eigenvalue weighted by Crippen LogP contribution is 2.30. The fourth-order valence-corrected chi connectivity index (χ4v) is 4.01. The quantitative estimate of drug-likeness (QED) is 0.486. The first-order valence-electron chi connectivity index (χ1n) is 7.60. The summed E-state index contributed by atoms with van der Waals surface area (Å²) < 4.78 is 69.3. The van der Waals surface area contributed by atoms with Crippen LogP contribution < -0.4 is 4.72 Å². The third-order valence-electron chi connectivity index (χ3n) is 3.31. The third-order valence-corrected chi connectivity index (χ3v) is 6.04. The van der Waals surface area contributed by atoms with Gasteiger partial charge in [-0.1, -0.05) is 17.7 Å². The van der Waals surface area contributed by atoms with Crippen LogP contribution in [0.5, 0.6) is 0 Å². The molecule has 1 N–H and O–H groups in total. The molecule has 0 saturated heterocycles. The van der Waals surface area contributed by atoms with Gasteiger partial charge in [0.25, 0.3) is 0 Å². The monoisotopic (exact) mass is 455 g/mol. The van der Waals surface area contributed by atoms with Gasteiger partial charge in [-0.15, -0.1) is 11.3 Å². The summed E-state index contributed by atoms with van der Waals surface area (Å²) >= 11 is 6.72. The molecular weight excluding hydrogens is 443 g/mol. The van der Waals surface area contributed by atoms with Crippen LogP contribution in [-0.4, -0.2) is 33.3 Å². The SMILES string of the molecule is O=C(CCNS(=O)(=O)c1cccc(C(F)(F)F)c1)OCC(=O)c1ccc(Cl)s1. The fourth-order valence-electron chi connectivity index (χ4n) is 1.96. The standard InChI is InChI=1S/C16H13ClF3NO5S2/c17-14-5-4-13(27-14)12(22)9-26-15(23)6-7-21-28(24,25)11-3-1-2-10(8-11)16(18,19)20/h1-5,8,21H,6-7,9H2. The molecule has 0 aliphatic heterocycles. The molecule has 1 aromatic carbocycles. The van der Waals surface area contributed by atoms with E-state index in [2.05, 4.69) is 0 Å². The molecule has 0 atom stereocenters. The van der Waals surface area contributed by atoms with E-state index in [1.54, 1.807) is 0 Å². The first kappa shape index (κ1) is 22.3. The minimum atomic E-state index is -4.69. The Morgan fingerprint density at radius 3 is 2.50 bits per heavy atom. The summed E-state index contributed by atoms with van der Waals surface area (Å²) in [5.74, 6) is -1.31. The summed E-state index contributed by atoms with van der Waals surface area (Å²) in [6, 6.07) is 6.20. The highest BCUT2D eigenvalue weighted by Gasteiger charge is 2.31. The van der Waals surface area contributed by atoms with Crippen LogP contribution in [0.25, 0.3) is 0 Å². The molecule has 2 rings (SSSR count). The number of ether oxygens (including phenoxy) is 1. The van der Waals surface area contributed by atoms with Gasteiger partial charge >= 0.3 is 12.1 Å². The van der Waals surface area contributed by atoms with Crippen molar-refractivity contribution < 1.29 is 35.9 Å². The van der Waals surface area contributed by atoms with E-state index in [1.165, 1.54) is 12.1 Å². The number of hydrogen-bond donors (Lipinski definition) is 1. The number of ketones is 1. The van der Waals surface area contributed by atoms with E-state index >= 15 is 0 Å². The van der Waals surface area contributed by atoms with Crippen LogP contribution in [0.3, 0.4) is 0 Å². The van der Waals surface area contributed by atoms with Crippen molar-refractivity contribution in [1.82, 2.24) is 4.72 Å². The van der Waals surface area contributed by atoms with Gasteiger partial charge < -0.3 is 4.74 Å². The van der Waals surface area contributed by atoms with Crippen molar-refractivity contribution in [3.05, 3.63) is 51.2 Å². The molecular formula is C16H13ClF3NO5S2. The predicted octanol–water partition coefficient (Wildman–Crippen LogP) is 3.51. The molecule has 0 unspecified atom stereocenters. The second-order valence-corrected chi connectivity index (χ2v) is 8.84. The van der Waals surface area contributed by atoms with E-state index in [0.717, 1.165) is 29.5 Å². The average molecular weight is 456 g/mol. The van der Waals surface area contributed by atoms with Gasteiger partial charge in [0, 0.05) is 6.54 Å². The molecule has 0 radical (unpaired) electrons. The molecule has 1 heterocycles. The number of nitrogens with one attached hydrogen (secondary N) is 1. The number of benzene rings is 1. The molecule has 2 aromatic rings. The summed E-state index contributed by atoms with van der Waals surface area (Å²) in [6.45, 7) is -0.938. The summed E-state index contributed by atoms with van der Waals surface area (Å²) in [5.41, 5.74) is -1.11. The van der Waals surface area contributed by atoms with Crippen molar-refractivity contribution in [2.75, 3.05) is 13.2 Å². The van der Waals surface area contributed by atoms with Crippen molar-refractivity contribution in [2.24, 2.45) is 0 Å². The van der Waals surface area contributed by atoms with E-state index in [4.69, 9.17) is 16.3 Å². The summed E-state index contributed by atoms with van der Waals surface area (Å²) in [4.78, 5) is 23.1. The summed E-state index contributed by atoms with van der Waals surface area (Å²) in [6.07, 6.45) is -5.09. The number of carbonyl (C=O) groups is 2. The van der Waals surface area contributed by atoms with Gasteiger partial charge in [-0.25, -0.2) is 13.1 Å². The Hall–Kier alpha value is -1.95. The number of alkyl halides is 3. The third kappa shape index (κ3) is 6.30. The lowest BCUT2D eigenvalue weighted by atomic mass is 10.2. The van der Waals surface area contributed by atoms with Crippen molar-refractivity contribution in [1.29, 1.82) is 0 Å². The highest BCUT2D eigenvalue weighted by molar-refractivity contribution is 7.89. The predicted molar refractivity (Wildman–Crippen MR) is 95.9 cm³/mol. The molecule has 0 spiro atoms. The molecule has 0 saturated carbocycles. The van der Waals surface area contributed by atoms with E-state index in [0.29, 0.717) is 15.3 Å². The van der Waals surface area contributed by atoms with Crippen LogP contribution in [0.15, 0.2) is 41.3 Å². The van der Waals surface area contributed by atoms with E-state index in [-0.39, 0.29) is 0 Å². The first-order chi connectivity index (χ1) is 13.0. The van der Waals surface area contributed by atoms with Crippen molar-refractivity contribution in [3.8, 4) is 0 Å². The Bertz CT molecular complexity index is 973. The van der Waals surface area contributed by atoms with Gasteiger partial charge in [0.05, 0.1) is 26.1 Å². The maximum Gasteiger partial charge on any atom is 0.416 e. The zero-order valence-corrected chi connectivity index (χ0v) is 16.3. The Balaban J connectivity index is 1.84. The number of Topliss-reactive ketones (excluding diaryl/α,β-unsaturated/α-hetero) is 1. The maximum absolute atomic E-state index is 12.7. The van der Waals surface area contributed by atoms with E-state index in [9.17, 15) is 31.2 Å². The van der Waals surface area contributed by atoms with Crippen LogP contribution in [0.4, 0.5) is 13.2 Å². The molecule has 12 heteroatoms. The number of rotatable bonds is 8. The lowest BCUT2D eigenvalue weighted by Gasteiger charge is -2.10. The average Bonchev–Trinajstić information content (AvgIpc) is 3.05. The van der Waals surface area contributed by atoms with Crippen LogP contribution in [0.1, 0.15) is 21.7 Å². The molecule has 28 heavy (non-hydrogen) atoms. The van der Waals surface area contributed by atoms with Crippen molar-refractivity contribution >= 4 is 44.7 Å². The molecule has 0 bridgehead atoms. The Kier molecular flexibility index (Phi) is 7.21. The number of thiophene rings is 1. The van der Waals surface area contributed by atoms with Gasteiger partial charge in [0.1, 0.15) is 0 Å². The first-order valence-corrected chi connectivity index (χ1v) is 10.3. The van der Waals surface area contributed by atoms with Crippen LogP contribution in [0.2, 0.25) is 4.34 Å². The van der Waals surface area contributed by atoms with Crippen LogP contribution in [-0.2, 0) is 25.7 Å². The highest BCUT2D eigenvalue weighted by atomic mass is 35.5.